The Bertz CT molecular complexity index is 451. The zero-order valence-corrected chi connectivity index (χ0v) is 12.6. The van der Waals surface area contributed by atoms with Crippen molar-refractivity contribution in [3.05, 3.63) is 29.8 Å². The first-order chi connectivity index (χ1) is 10.3. The van der Waals surface area contributed by atoms with E-state index in [4.69, 9.17) is 9.47 Å². The SMILES string of the molecule is COCCNCc1ccccc1OC1CCCCNC1=O. The van der Waals surface area contributed by atoms with Gasteiger partial charge in [0.15, 0.2) is 6.10 Å². The Morgan fingerprint density at radius 3 is 3.05 bits per heavy atom. The van der Waals surface area contributed by atoms with Gasteiger partial charge >= 0.3 is 0 Å². The standard InChI is InChI=1S/C16H24N2O3/c1-20-11-10-17-12-13-6-2-3-7-14(13)21-15-8-4-5-9-18-16(15)19/h2-3,6-7,15,17H,4-5,8-12H2,1H3,(H,18,19). The van der Waals surface area contributed by atoms with Crippen LogP contribution in [0.4, 0.5) is 0 Å². The van der Waals surface area contributed by atoms with Crippen LogP contribution in [0.5, 0.6) is 5.75 Å². The molecule has 0 radical (unpaired) electrons. The van der Waals surface area contributed by atoms with Gasteiger partial charge in [0.1, 0.15) is 5.75 Å². The fourth-order valence-electron chi connectivity index (χ4n) is 2.34. The molecule has 1 aliphatic heterocycles. The number of methoxy groups -OCH3 is 1. The number of carbonyl (C=O) groups excluding carboxylic acids is 1. The molecule has 1 aromatic rings. The molecular weight excluding hydrogens is 268 g/mol. The van der Waals surface area contributed by atoms with Crippen LogP contribution in [0.2, 0.25) is 0 Å². The van der Waals surface area contributed by atoms with Crippen molar-refractivity contribution < 1.29 is 14.3 Å². The zero-order valence-electron chi connectivity index (χ0n) is 12.6. The first-order valence-electron chi connectivity index (χ1n) is 7.53. The molecule has 5 nitrogen and oxygen atoms in total. The van der Waals surface area contributed by atoms with E-state index in [-0.39, 0.29) is 12.0 Å². The number of hydrogen-bond acceptors (Lipinski definition) is 4. The molecule has 1 fully saturated rings. The maximum Gasteiger partial charge on any atom is 0.261 e. The number of carbonyl (C=O) groups is 1. The summed E-state index contributed by atoms with van der Waals surface area (Å²) in [6.45, 7) is 2.91. The van der Waals surface area contributed by atoms with Crippen molar-refractivity contribution in [3.8, 4) is 5.75 Å². The maximum atomic E-state index is 12.0. The smallest absolute Gasteiger partial charge is 0.261 e. The lowest BCUT2D eigenvalue weighted by atomic mass is 10.1. The van der Waals surface area contributed by atoms with Gasteiger partial charge in [-0.25, -0.2) is 0 Å². The molecule has 2 rings (SSSR count). The minimum absolute atomic E-state index is 0.00496. The molecule has 0 aromatic heterocycles. The predicted octanol–water partition coefficient (Wildman–Crippen LogP) is 1.47. The summed E-state index contributed by atoms with van der Waals surface area (Å²) in [5.41, 5.74) is 1.06. The second kappa shape index (κ2) is 8.64. The molecule has 0 spiro atoms. The largest absolute Gasteiger partial charge is 0.480 e. The molecule has 1 amide bonds. The summed E-state index contributed by atoms with van der Waals surface area (Å²) < 4.78 is 11.0. The fourth-order valence-corrected chi connectivity index (χ4v) is 2.34. The number of rotatable bonds is 7. The van der Waals surface area contributed by atoms with Crippen molar-refractivity contribution in [1.29, 1.82) is 0 Å². The molecule has 0 bridgehead atoms. The van der Waals surface area contributed by atoms with Gasteiger partial charge in [0.05, 0.1) is 6.61 Å². The molecule has 21 heavy (non-hydrogen) atoms. The highest BCUT2D eigenvalue weighted by molar-refractivity contribution is 5.81. The highest BCUT2D eigenvalue weighted by Gasteiger charge is 2.22. The minimum atomic E-state index is -0.382. The Morgan fingerprint density at radius 1 is 1.33 bits per heavy atom. The van der Waals surface area contributed by atoms with Crippen molar-refractivity contribution in [2.24, 2.45) is 0 Å². The maximum absolute atomic E-state index is 12.0. The summed E-state index contributed by atoms with van der Waals surface area (Å²) in [6.07, 6.45) is 2.42. The Hall–Kier alpha value is -1.59. The van der Waals surface area contributed by atoms with Gasteiger partial charge < -0.3 is 20.1 Å². The molecule has 1 atom stereocenters. The van der Waals surface area contributed by atoms with Crippen LogP contribution in [0, 0.1) is 0 Å². The molecule has 1 saturated heterocycles. The molecule has 1 unspecified atom stereocenters. The molecule has 116 valence electrons. The number of benzene rings is 1. The van der Waals surface area contributed by atoms with Crippen LogP contribution >= 0.6 is 0 Å². The molecular formula is C16H24N2O3. The fraction of sp³-hybridized carbons (Fsp3) is 0.562. The van der Waals surface area contributed by atoms with Crippen LogP contribution in [-0.2, 0) is 16.1 Å². The lowest BCUT2D eigenvalue weighted by Gasteiger charge is -2.18. The third-order valence-electron chi connectivity index (χ3n) is 3.53. The average molecular weight is 292 g/mol. The molecule has 1 aromatic carbocycles. The number of amides is 1. The second-order valence-electron chi connectivity index (χ2n) is 5.17. The number of nitrogens with one attached hydrogen (secondary N) is 2. The van der Waals surface area contributed by atoms with Crippen molar-refractivity contribution in [3.63, 3.8) is 0 Å². The summed E-state index contributed by atoms with van der Waals surface area (Å²) in [4.78, 5) is 12.0. The zero-order chi connectivity index (χ0) is 14.9. The van der Waals surface area contributed by atoms with E-state index in [1.54, 1.807) is 7.11 Å². The van der Waals surface area contributed by atoms with Gasteiger partial charge in [0.2, 0.25) is 0 Å². The first kappa shape index (κ1) is 15.8. The lowest BCUT2D eigenvalue weighted by Crippen LogP contribution is -2.36. The van der Waals surface area contributed by atoms with Gasteiger partial charge in [-0.15, -0.1) is 0 Å². The minimum Gasteiger partial charge on any atom is -0.480 e. The Balaban J connectivity index is 1.96. The van der Waals surface area contributed by atoms with E-state index in [2.05, 4.69) is 10.6 Å². The summed E-state index contributed by atoms with van der Waals surface area (Å²) in [5, 5.41) is 6.20. The number of ether oxygens (including phenoxy) is 2. The lowest BCUT2D eigenvalue weighted by molar-refractivity contribution is -0.127. The van der Waals surface area contributed by atoms with Gasteiger partial charge in [-0.05, 0) is 25.3 Å². The van der Waals surface area contributed by atoms with Gasteiger partial charge in [-0.3, -0.25) is 4.79 Å². The van der Waals surface area contributed by atoms with Gasteiger partial charge in [0, 0.05) is 32.3 Å². The molecule has 5 heteroatoms. The van der Waals surface area contributed by atoms with E-state index >= 15 is 0 Å². The van der Waals surface area contributed by atoms with Gasteiger partial charge in [-0.1, -0.05) is 18.2 Å². The molecule has 0 saturated carbocycles. The van der Waals surface area contributed by atoms with Crippen LogP contribution in [0.15, 0.2) is 24.3 Å². The van der Waals surface area contributed by atoms with E-state index in [1.807, 2.05) is 24.3 Å². The third-order valence-corrected chi connectivity index (χ3v) is 3.53. The van der Waals surface area contributed by atoms with E-state index in [0.717, 1.165) is 43.7 Å². The number of hydrogen-bond donors (Lipinski definition) is 2. The van der Waals surface area contributed by atoms with E-state index in [9.17, 15) is 4.79 Å². The molecule has 0 aliphatic carbocycles. The normalized spacial score (nSPS) is 18.9. The third kappa shape index (κ3) is 5.02. The van der Waals surface area contributed by atoms with Crippen molar-refractivity contribution in [1.82, 2.24) is 10.6 Å². The first-order valence-corrected chi connectivity index (χ1v) is 7.53. The van der Waals surface area contributed by atoms with Crippen LogP contribution in [0.1, 0.15) is 24.8 Å². The summed E-state index contributed by atoms with van der Waals surface area (Å²) >= 11 is 0. The second-order valence-corrected chi connectivity index (χ2v) is 5.17. The monoisotopic (exact) mass is 292 g/mol. The van der Waals surface area contributed by atoms with Crippen LogP contribution in [0.3, 0.4) is 0 Å². The van der Waals surface area contributed by atoms with Crippen LogP contribution < -0.4 is 15.4 Å². The Morgan fingerprint density at radius 2 is 2.19 bits per heavy atom. The van der Waals surface area contributed by atoms with Crippen LogP contribution in [0.25, 0.3) is 0 Å². The van der Waals surface area contributed by atoms with E-state index in [1.165, 1.54) is 0 Å². The van der Waals surface area contributed by atoms with Crippen molar-refractivity contribution in [2.45, 2.75) is 31.9 Å². The highest BCUT2D eigenvalue weighted by Crippen LogP contribution is 2.21. The van der Waals surface area contributed by atoms with Gasteiger partial charge in [-0.2, -0.15) is 0 Å². The molecule has 1 aliphatic rings. The average Bonchev–Trinajstić information content (AvgIpc) is 2.70. The number of para-hydroxylation sites is 1. The van der Waals surface area contributed by atoms with Crippen molar-refractivity contribution in [2.75, 3.05) is 26.8 Å². The quantitative estimate of drug-likeness (QED) is 0.747. The summed E-state index contributed by atoms with van der Waals surface area (Å²) in [5.74, 6) is 0.777. The van der Waals surface area contributed by atoms with E-state index in [0.29, 0.717) is 13.2 Å². The molecule has 1 heterocycles. The summed E-state index contributed by atoms with van der Waals surface area (Å²) in [6, 6.07) is 7.85. The Labute approximate surface area is 126 Å². The van der Waals surface area contributed by atoms with E-state index < -0.39 is 0 Å². The summed E-state index contributed by atoms with van der Waals surface area (Å²) in [7, 11) is 1.68. The van der Waals surface area contributed by atoms with Crippen molar-refractivity contribution >= 4 is 5.91 Å². The van der Waals surface area contributed by atoms with Crippen LogP contribution in [-0.4, -0.2) is 38.8 Å². The highest BCUT2D eigenvalue weighted by atomic mass is 16.5. The van der Waals surface area contributed by atoms with Gasteiger partial charge in [0.25, 0.3) is 5.91 Å². The predicted molar refractivity (Wildman–Crippen MR) is 81.3 cm³/mol. The topological polar surface area (TPSA) is 59.6 Å². The Kier molecular flexibility index (Phi) is 6.50. The molecule has 2 N–H and O–H groups in total.